The minimum atomic E-state index is 0.0856. The Morgan fingerprint density at radius 3 is 2.68 bits per heavy atom. The minimum Gasteiger partial charge on any atom is -0.306 e. The van der Waals surface area contributed by atoms with Gasteiger partial charge in [-0.15, -0.1) is 11.3 Å². The first-order valence-corrected chi connectivity index (χ1v) is 8.47. The second-order valence-corrected chi connectivity index (χ2v) is 6.93. The Labute approximate surface area is 136 Å². The zero-order valence-electron chi connectivity index (χ0n) is 10.4. The summed E-state index contributed by atoms with van der Waals surface area (Å²) in [6.07, 6.45) is 1.07. The fourth-order valence-electron chi connectivity index (χ4n) is 1.90. The lowest BCUT2D eigenvalue weighted by atomic mass is 10.1. The molecule has 1 unspecified atom stereocenters. The summed E-state index contributed by atoms with van der Waals surface area (Å²) in [4.78, 5) is 1.13. The first kappa shape index (κ1) is 15.3. The van der Waals surface area contributed by atoms with E-state index in [4.69, 9.17) is 23.2 Å². The summed E-state index contributed by atoms with van der Waals surface area (Å²) < 4.78 is 0.978. The van der Waals surface area contributed by atoms with E-state index in [9.17, 15) is 0 Å². The predicted octanol–water partition coefficient (Wildman–Crippen LogP) is 5.91. The third kappa shape index (κ3) is 3.96. The van der Waals surface area contributed by atoms with Crippen molar-refractivity contribution in [2.45, 2.75) is 19.4 Å². The van der Waals surface area contributed by atoms with E-state index in [0.29, 0.717) is 0 Å². The summed E-state index contributed by atoms with van der Waals surface area (Å²) in [5.74, 6) is 0. The highest BCUT2D eigenvalue weighted by Crippen LogP contribution is 2.35. The smallest absolute Gasteiger partial charge is 0.0687 e. The van der Waals surface area contributed by atoms with Crippen LogP contribution >= 0.6 is 50.5 Å². The molecule has 0 saturated carbocycles. The number of benzene rings is 1. The van der Waals surface area contributed by atoms with E-state index >= 15 is 0 Å². The number of thiophene rings is 1. The Balaban J connectivity index is 2.39. The molecule has 0 spiro atoms. The normalized spacial score (nSPS) is 12.6. The third-order valence-corrected chi connectivity index (χ3v) is 4.82. The third-order valence-electron chi connectivity index (χ3n) is 2.72. The molecule has 2 aromatic rings. The zero-order chi connectivity index (χ0) is 13.8. The molecule has 0 aliphatic rings. The van der Waals surface area contributed by atoms with Crippen LogP contribution in [0.1, 0.15) is 29.8 Å². The van der Waals surface area contributed by atoms with E-state index in [1.54, 1.807) is 11.3 Å². The van der Waals surface area contributed by atoms with Crippen molar-refractivity contribution in [3.63, 3.8) is 0 Å². The molecule has 0 amide bonds. The van der Waals surface area contributed by atoms with Gasteiger partial charge in [-0.1, -0.05) is 46.1 Å². The average molecular weight is 379 g/mol. The van der Waals surface area contributed by atoms with Gasteiger partial charge in [-0.3, -0.25) is 0 Å². The van der Waals surface area contributed by atoms with E-state index in [2.05, 4.69) is 34.2 Å². The lowest BCUT2D eigenvalue weighted by molar-refractivity contribution is 0.606. The maximum absolute atomic E-state index is 6.27. The van der Waals surface area contributed by atoms with Crippen LogP contribution in [0.15, 0.2) is 34.1 Å². The van der Waals surface area contributed by atoms with Crippen molar-refractivity contribution in [2.75, 3.05) is 6.54 Å². The fraction of sp³-hybridized carbons (Fsp3) is 0.286. The van der Waals surface area contributed by atoms with Crippen molar-refractivity contribution in [3.8, 4) is 0 Å². The highest BCUT2D eigenvalue weighted by Gasteiger charge is 2.18. The molecule has 1 aromatic carbocycles. The molecule has 1 heterocycles. The van der Waals surface area contributed by atoms with E-state index in [-0.39, 0.29) is 6.04 Å². The SMILES string of the molecule is CCCNC(c1cc(Cl)cc(Br)c1)c1sccc1Cl. The molecule has 102 valence electrons. The van der Waals surface area contributed by atoms with Gasteiger partial charge >= 0.3 is 0 Å². The van der Waals surface area contributed by atoms with Crippen molar-refractivity contribution in [1.29, 1.82) is 0 Å². The number of rotatable bonds is 5. The Morgan fingerprint density at radius 1 is 1.32 bits per heavy atom. The van der Waals surface area contributed by atoms with Gasteiger partial charge in [-0.2, -0.15) is 0 Å². The molecular weight excluding hydrogens is 365 g/mol. The molecule has 1 aromatic heterocycles. The van der Waals surface area contributed by atoms with Crippen molar-refractivity contribution >= 4 is 50.5 Å². The number of hydrogen-bond acceptors (Lipinski definition) is 2. The van der Waals surface area contributed by atoms with Gasteiger partial charge in [-0.25, -0.2) is 0 Å². The molecule has 1 nitrogen and oxygen atoms in total. The molecule has 5 heteroatoms. The molecule has 19 heavy (non-hydrogen) atoms. The van der Waals surface area contributed by atoms with Crippen molar-refractivity contribution in [1.82, 2.24) is 5.32 Å². The summed E-state index contributed by atoms with van der Waals surface area (Å²) in [6.45, 7) is 3.08. The summed E-state index contributed by atoms with van der Waals surface area (Å²) in [6, 6.07) is 7.97. The molecule has 0 aliphatic heterocycles. The zero-order valence-corrected chi connectivity index (χ0v) is 14.3. The molecule has 0 aliphatic carbocycles. The van der Waals surface area contributed by atoms with Crippen LogP contribution < -0.4 is 5.32 Å². The van der Waals surface area contributed by atoms with Gasteiger partial charge in [0.2, 0.25) is 0 Å². The molecule has 1 N–H and O–H groups in total. The second-order valence-electron chi connectivity index (χ2n) is 4.22. The first-order chi connectivity index (χ1) is 9.11. The van der Waals surface area contributed by atoms with Gasteiger partial charge in [0.15, 0.2) is 0 Å². The standard InChI is InChI=1S/C14H14BrCl2NS/c1-2-4-18-13(14-12(17)3-5-19-14)9-6-10(15)8-11(16)7-9/h3,5-8,13,18H,2,4H2,1H3. The van der Waals surface area contributed by atoms with Crippen molar-refractivity contribution in [3.05, 3.63) is 54.6 Å². The van der Waals surface area contributed by atoms with Gasteiger partial charge in [0.1, 0.15) is 0 Å². The van der Waals surface area contributed by atoms with Gasteiger partial charge in [0.25, 0.3) is 0 Å². The van der Waals surface area contributed by atoms with Crippen LogP contribution in [0.25, 0.3) is 0 Å². The van der Waals surface area contributed by atoms with Gasteiger partial charge in [-0.05, 0) is 48.2 Å². The quantitative estimate of drug-likeness (QED) is 0.682. The largest absolute Gasteiger partial charge is 0.306 e. The van der Waals surface area contributed by atoms with E-state index in [1.165, 1.54) is 0 Å². The summed E-state index contributed by atoms with van der Waals surface area (Å²) in [5, 5.41) is 7.06. The topological polar surface area (TPSA) is 12.0 Å². The van der Waals surface area contributed by atoms with E-state index < -0.39 is 0 Å². The monoisotopic (exact) mass is 377 g/mol. The Kier molecular flexibility index (Phi) is 5.72. The summed E-state index contributed by atoms with van der Waals surface area (Å²) >= 11 is 17.6. The van der Waals surface area contributed by atoms with Crippen LogP contribution in [0.4, 0.5) is 0 Å². The summed E-state index contributed by atoms with van der Waals surface area (Å²) in [5.41, 5.74) is 1.12. The highest BCUT2D eigenvalue weighted by atomic mass is 79.9. The van der Waals surface area contributed by atoms with Gasteiger partial charge < -0.3 is 5.32 Å². The Morgan fingerprint density at radius 2 is 2.11 bits per heavy atom. The fourth-order valence-corrected chi connectivity index (χ4v) is 4.06. The lowest BCUT2D eigenvalue weighted by Crippen LogP contribution is -2.22. The molecular formula is C14H14BrCl2NS. The Hall–Kier alpha value is -0.0600. The first-order valence-electron chi connectivity index (χ1n) is 6.04. The average Bonchev–Trinajstić information content (AvgIpc) is 2.75. The minimum absolute atomic E-state index is 0.0856. The molecule has 0 saturated heterocycles. The van der Waals surface area contributed by atoms with Crippen LogP contribution in [-0.2, 0) is 0 Å². The maximum atomic E-state index is 6.27. The maximum Gasteiger partial charge on any atom is 0.0687 e. The molecule has 0 radical (unpaired) electrons. The molecule has 0 fully saturated rings. The van der Waals surface area contributed by atoms with Crippen LogP contribution in [0.5, 0.6) is 0 Å². The molecule has 1 atom stereocenters. The van der Waals surface area contributed by atoms with Crippen LogP contribution in [0, 0.1) is 0 Å². The van der Waals surface area contributed by atoms with Gasteiger partial charge in [0.05, 0.1) is 11.1 Å². The van der Waals surface area contributed by atoms with Crippen LogP contribution in [-0.4, -0.2) is 6.54 Å². The van der Waals surface area contributed by atoms with Gasteiger partial charge in [0, 0.05) is 14.4 Å². The predicted molar refractivity (Wildman–Crippen MR) is 88.6 cm³/mol. The van der Waals surface area contributed by atoms with Crippen molar-refractivity contribution < 1.29 is 0 Å². The lowest BCUT2D eigenvalue weighted by Gasteiger charge is -2.19. The van der Waals surface area contributed by atoms with Crippen LogP contribution in [0.2, 0.25) is 10.0 Å². The Bertz CT molecular complexity index is 536. The molecule has 2 rings (SSSR count). The second kappa shape index (κ2) is 7.09. The molecule has 0 bridgehead atoms. The number of halogens is 3. The van der Waals surface area contributed by atoms with E-state index in [0.717, 1.165) is 37.9 Å². The van der Waals surface area contributed by atoms with E-state index in [1.807, 2.05) is 23.6 Å². The number of nitrogens with one attached hydrogen (secondary N) is 1. The van der Waals surface area contributed by atoms with Crippen LogP contribution in [0.3, 0.4) is 0 Å². The van der Waals surface area contributed by atoms with Crippen molar-refractivity contribution in [2.24, 2.45) is 0 Å². The highest BCUT2D eigenvalue weighted by molar-refractivity contribution is 9.10. The number of hydrogen-bond donors (Lipinski definition) is 1. The summed E-state index contributed by atoms with van der Waals surface area (Å²) in [7, 11) is 0.